The van der Waals surface area contributed by atoms with Crippen LogP contribution in [0.4, 0.5) is 0 Å². The minimum atomic E-state index is 0.325. The highest BCUT2D eigenvalue weighted by Gasteiger charge is 2.18. The van der Waals surface area contributed by atoms with Gasteiger partial charge in [0.2, 0.25) is 0 Å². The summed E-state index contributed by atoms with van der Waals surface area (Å²) < 4.78 is 7.76. The Bertz CT molecular complexity index is 498. The summed E-state index contributed by atoms with van der Waals surface area (Å²) >= 11 is 0. The molecule has 2 heterocycles. The molecule has 84 valence electrons. The third-order valence-corrected chi connectivity index (χ3v) is 3.27. The average molecular weight is 216 g/mol. The molecule has 1 fully saturated rings. The van der Waals surface area contributed by atoms with Gasteiger partial charge in [0, 0.05) is 24.8 Å². The fourth-order valence-corrected chi connectivity index (χ4v) is 2.40. The van der Waals surface area contributed by atoms with Gasteiger partial charge in [0.15, 0.2) is 0 Å². The Kier molecular flexibility index (Phi) is 2.42. The predicted octanol–water partition coefficient (Wildman–Crippen LogP) is 1.84. The number of hydrogen-bond donors (Lipinski definition) is 1. The summed E-state index contributed by atoms with van der Waals surface area (Å²) in [7, 11) is 2.12. The minimum Gasteiger partial charge on any atom is -0.378 e. The minimum absolute atomic E-state index is 0.325. The lowest BCUT2D eigenvalue weighted by Gasteiger charge is -2.24. The van der Waals surface area contributed by atoms with Gasteiger partial charge in [-0.05, 0) is 17.5 Å². The van der Waals surface area contributed by atoms with Crippen LogP contribution in [-0.2, 0) is 11.8 Å². The van der Waals surface area contributed by atoms with Crippen molar-refractivity contribution in [3.63, 3.8) is 0 Å². The van der Waals surface area contributed by atoms with Gasteiger partial charge in [-0.2, -0.15) is 0 Å². The van der Waals surface area contributed by atoms with E-state index < -0.39 is 0 Å². The van der Waals surface area contributed by atoms with Crippen LogP contribution in [0, 0.1) is 0 Å². The van der Waals surface area contributed by atoms with Crippen molar-refractivity contribution in [1.82, 2.24) is 9.88 Å². The van der Waals surface area contributed by atoms with Gasteiger partial charge in [-0.1, -0.05) is 18.2 Å². The first-order valence-corrected chi connectivity index (χ1v) is 5.72. The standard InChI is InChI=1S/C13H16N2O/c1-15-12-5-3-2-4-10(12)8-13(15)11-9-16-7-6-14-11/h2-5,8,11,14H,6-7,9H2,1H3. The second-order valence-corrected chi connectivity index (χ2v) is 4.27. The van der Waals surface area contributed by atoms with Crippen molar-refractivity contribution in [2.24, 2.45) is 7.05 Å². The van der Waals surface area contributed by atoms with Crippen molar-refractivity contribution in [3.05, 3.63) is 36.0 Å². The monoisotopic (exact) mass is 216 g/mol. The number of hydrogen-bond acceptors (Lipinski definition) is 2. The van der Waals surface area contributed by atoms with Crippen LogP contribution in [0.25, 0.3) is 10.9 Å². The lowest BCUT2D eigenvalue weighted by atomic mass is 10.2. The number of morpholine rings is 1. The summed E-state index contributed by atoms with van der Waals surface area (Å²) in [6.07, 6.45) is 0. The van der Waals surface area contributed by atoms with E-state index in [0.29, 0.717) is 6.04 Å². The second-order valence-electron chi connectivity index (χ2n) is 4.27. The number of para-hydroxylation sites is 1. The van der Waals surface area contributed by atoms with E-state index in [1.165, 1.54) is 16.6 Å². The van der Waals surface area contributed by atoms with E-state index in [9.17, 15) is 0 Å². The van der Waals surface area contributed by atoms with Crippen LogP contribution in [0.15, 0.2) is 30.3 Å². The number of nitrogens with zero attached hydrogens (tertiary/aromatic N) is 1. The highest BCUT2D eigenvalue weighted by atomic mass is 16.5. The molecule has 3 heteroatoms. The Labute approximate surface area is 95.0 Å². The van der Waals surface area contributed by atoms with Crippen molar-refractivity contribution in [1.29, 1.82) is 0 Å². The Morgan fingerprint density at radius 1 is 1.38 bits per heavy atom. The molecule has 1 N–H and O–H groups in total. The molecule has 0 aliphatic carbocycles. The molecule has 2 aromatic rings. The van der Waals surface area contributed by atoms with Gasteiger partial charge in [-0.25, -0.2) is 0 Å². The molecular weight excluding hydrogens is 200 g/mol. The molecule has 0 saturated carbocycles. The maximum Gasteiger partial charge on any atom is 0.0713 e. The topological polar surface area (TPSA) is 26.2 Å². The fourth-order valence-electron chi connectivity index (χ4n) is 2.40. The third kappa shape index (κ3) is 1.52. The molecule has 3 nitrogen and oxygen atoms in total. The van der Waals surface area contributed by atoms with Crippen LogP contribution < -0.4 is 5.32 Å². The first-order valence-electron chi connectivity index (χ1n) is 5.72. The van der Waals surface area contributed by atoms with Gasteiger partial charge in [-0.3, -0.25) is 0 Å². The lowest BCUT2D eigenvalue weighted by molar-refractivity contribution is 0.0749. The number of rotatable bonds is 1. The molecule has 1 aromatic heterocycles. The van der Waals surface area contributed by atoms with Gasteiger partial charge in [0.1, 0.15) is 0 Å². The van der Waals surface area contributed by atoms with Gasteiger partial charge >= 0.3 is 0 Å². The third-order valence-electron chi connectivity index (χ3n) is 3.27. The Morgan fingerprint density at radius 3 is 3.00 bits per heavy atom. The zero-order valence-electron chi connectivity index (χ0n) is 9.44. The van der Waals surface area contributed by atoms with Crippen molar-refractivity contribution in [2.45, 2.75) is 6.04 Å². The van der Waals surface area contributed by atoms with Gasteiger partial charge in [-0.15, -0.1) is 0 Å². The molecule has 0 bridgehead atoms. The molecule has 1 atom stereocenters. The molecule has 1 saturated heterocycles. The molecule has 1 aliphatic rings. The van der Waals surface area contributed by atoms with Gasteiger partial charge in [0.05, 0.1) is 19.3 Å². The van der Waals surface area contributed by atoms with E-state index in [4.69, 9.17) is 4.74 Å². The lowest BCUT2D eigenvalue weighted by Crippen LogP contribution is -2.35. The molecule has 1 aromatic carbocycles. The van der Waals surface area contributed by atoms with Crippen molar-refractivity contribution < 1.29 is 4.74 Å². The Balaban J connectivity index is 2.05. The number of aryl methyl sites for hydroxylation is 1. The summed E-state index contributed by atoms with van der Waals surface area (Å²) in [5.41, 5.74) is 2.59. The van der Waals surface area contributed by atoms with E-state index in [0.717, 1.165) is 19.8 Å². The smallest absolute Gasteiger partial charge is 0.0713 e. The summed E-state index contributed by atoms with van der Waals surface area (Å²) in [6.45, 7) is 2.52. The van der Waals surface area contributed by atoms with Crippen LogP contribution in [0.3, 0.4) is 0 Å². The van der Waals surface area contributed by atoms with Crippen molar-refractivity contribution in [3.8, 4) is 0 Å². The van der Waals surface area contributed by atoms with Crippen LogP contribution >= 0.6 is 0 Å². The number of ether oxygens (including phenoxy) is 1. The fraction of sp³-hybridized carbons (Fsp3) is 0.385. The van der Waals surface area contributed by atoms with Crippen molar-refractivity contribution in [2.75, 3.05) is 19.8 Å². The predicted molar refractivity (Wildman–Crippen MR) is 64.5 cm³/mol. The number of aromatic nitrogens is 1. The molecule has 0 amide bonds. The number of nitrogens with one attached hydrogen (secondary N) is 1. The summed E-state index contributed by atoms with van der Waals surface area (Å²) in [6, 6.07) is 11.0. The first-order chi connectivity index (χ1) is 7.86. The molecular formula is C13H16N2O. The first kappa shape index (κ1) is 9.87. The van der Waals surface area contributed by atoms with E-state index in [1.54, 1.807) is 0 Å². The molecule has 0 spiro atoms. The van der Waals surface area contributed by atoms with E-state index >= 15 is 0 Å². The van der Waals surface area contributed by atoms with Crippen LogP contribution in [-0.4, -0.2) is 24.3 Å². The summed E-state index contributed by atoms with van der Waals surface area (Å²) in [5, 5.41) is 4.79. The molecule has 0 radical (unpaired) electrons. The molecule has 3 rings (SSSR count). The molecule has 1 unspecified atom stereocenters. The van der Waals surface area contributed by atoms with Crippen molar-refractivity contribution >= 4 is 10.9 Å². The normalized spacial score (nSPS) is 21.4. The summed E-state index contributed by atoms with van der Waals surface area (Å²) in [4.78, 5) is 0. The van der Waals surface area contributed by atoms with E-state index in [1.807, 2.05) is 0 Å². The number of benzene rings is 1. The highest BCUT2D eigenvalue weighted by Crippen LogP contribution is 2.24. The van der Waals surface area contributed by atoms with Crippen LogP contribution in [0.5, 0.6) is 0 Å². The van der Waals surface area contributed by atoms with Gasteiger partial charge in [0.25, 0.3) is 0 Å². The second kappa shape index (κ2) is 3.92. The maximum absolute atomic E-state index is 5.51. The Hall–Kier alpha value is -1.32. The zero-order chi connectivity index (χ0) is 11.0. The van der Waals surface area contributed by atoms with E-state index in [-0.39, 0.29) is 0 Å². The largest absolute Gasteiger partial charge is 0.378 e. The SMILES string of the molecule is Cn1c(C2COCCN2)cc2ccccc21. The van der Waals surface area contributed by atoms with Crippen LogP contribution in [0.1, 0.15) is 11.7 Å². The quantitative estimate of drug-likeness (QED) is 0.787. The maximum atomic E-state index is 5.51. The number of fused-ring (bicyclic) bond motifs is 1. The molecule has 1 aliphatic heterocycles. The Morgan fingerprint density at radius 2 is 2.25 bits per heavy atom. The average Bonchev–Trinajstić information content (AvgIpc) is 2.69. The summed E-state index contributed by atoms with van der Waals surface area (Å²) in [5.74, 6) is 0. The van der Waals surface area contributed by atoms with E-state index in [2.05, 4.69) is 47.3 Å². The zero-order valence-corrected chi connectivity index (χ0v) is 9.44. The van der Waals surface area contributed by atoms with Crippen LogP contribution in [0.2, 0.25) is 0 Å². The molecule has 16 heavy (non-hydrogen) atoms. The van der Waals surface area contributed by atoms with Gasteiger partial charge < -0.3 is 14.6 Å². The highest BCUT2D eigenvalue weighted by molar-refractivity contribution is 5.81.